The second-order valence-electron chi connectivity index (χ2n) is 5.76. The summed E-state index contributed by atoms with van der Waals surface area (Å²) in [6, 6.07) is 2.02. The summed E-state index contributed by atoms with van der Waals surface area (Å²) in [7, 11) is 1.79. The molecule has 1 aliphatic rings. The van der Waals surface area contributed by atoms with E-state index in [2.05, 4.69) is 31.3 Å². The molecule has 2 N–H and O–H groups in total. The van der Waals surface area contributed by atoms with Crippen molar-refractivity contribution in [1.29, 1.82) is 0 Å². The van der Waals surface area contributed by atoms with Gasteiger partial charge in [0.2, 0.25) is 11.1 Å². The minimum Gasteiger partial charge on any atom is -0.354 e. The lowest BCUT2D eigenvalue weighted by Gasteiger charge is -2.20. The van der Waals surface area contributed by atoms with Crippen molar-refractivity contribution in [1.82, 2.24) is 40.6 Å². The Morgan fingerprint density at radius 1 is 1.54 bits per heavy atom. The molecule has 0 aromatic carbocycles. The molecule has 9 nitrogen and oxygen atoms in total. The third kappa shape index (κ3) is 4.54. The van der Waals surface area contributed by atoms with Gasteiger partial charge in [0.15, 0.2) is 0 Å². The van der Waals surface area contributed by atoms with Crippen molar-refractivity contribution in [2.24, 2.45) is 7.05 Å². The van der Waals surface area contributed by atoms with Crippen LogP contribution < -0.4 is 10.6 Å². The van der Waals surface area contributed by atoms with Gasteiger partial charge in [-0.05, 0) is 35.9 Å². The molecular weight excluding hydrogens is 328 g/mol. The molecule has 0 unspecified atom stereocenters. The molecule has 3 rings (SSSR count). The number of hydrogen-bond donors (Lipinski definition) is 2. The van der Waals surface area contributed by atoms with Crippen LogP contribution in [-0.4, -0.2) is 61.3 Å². The van der Waals surface area contributed by atoms with Crippen LogP contribution in [-0.2, 0) is 18.4 Å². The van der Waals surface area contributed by atoms with E-state index in [1.165, 1.54) is 18.2 Å². The van der Waals surface area contributed by atoms with Crippen molar-refractivity contribution < 1.29 is 4.79 Å². The number of nitrogens with one attached hydrogen (secondary N) is 2. The molecule has 1 atom stereocenters. The van der Waals surface area contributed by atoms with E-state index in [-0.39, 0.29) is 12.5 Å². The molecule has 0 spiro atoms. The second-order valence-corrected chi connectivity index (χ2v) is 6.83. The minimum absolute atomic E-state index is 0.0388. The number of rotatable bonds is 7. The van der Waals surface area contributed by atoms with Gasteiger partial charge in [-0.3, -0.25) is 9.48 Å². The van der Waals surface area contributed by atoms with Gasteiger partial charge < -0.3 is 10.6 Å². The van der Waals surface area contributed by atoms with Crippen LogP contribution in [0.25, 0.3) is 0 Å². The summed E-state index contributed by atoms with van der Waals surface area (Å²) in [6.07, 6.45) is 4.21. The van der Waals surface area contributed by atoms with E-state index in [0.29, 0.717) is 12.5 Å². The molecule has 0 aliphatic carbocycles. The molecule has 0 saturated carbocycles. The minimum atomic E-state index is -0.0388. The molecule has 1 aliphatic heterocycles. The van der Waals surface area contributed by atoms with Gasteiger partial charge in [0.1, 0.15) is 6.54 Å². The van der Waals surface area contributed by atoms with Crippen LogP contribution in [0.2, 0.25) is 0 Å². The Morgan fingerprint density at radius 3 is 3.21 bits per heavy atom. The number of carbonyl (C=O) groups is 1. The normalized spacial score (nSPS) is 17.8. The highest BCUT2D eigenvalue weighted by Gasteiger charge is 2.17. The van der Waals surface area contributed by atoms with Gasteiger partial charge in [0.05, 0.1) is 5.69 Å². The highest BCUT2D eigenvalue weighted by Crippen LogP contribution is 2.21. The molecule has 3 heterocycles. The van der Waals surface area contributed by atoms with Gasteiger partial charge in [-0.1, -0.05) is 11.8 Å². The van der Waals surface area contributed by atoms with E-state index in [0.717, 1.165) is 36.1 Å². The summed E-state index contributed by atoms with van der Waals surface area (Å²) < 4.78 is 3.32. The zero-order valence-corrected chi connectivity index (χ0v) is 14.5. The van der Waals surface area contributed by atoms with E-state index >= 15 is 0 Å². The van der Waals surface area contributed by atoms with Crippen LogP contribution in [0.5, 0.6) is 0 Å². The largest absolute Gasteiger partial charge is 0.354 e. The van der Waals surface area contributed by atoms with E-state index in [9.17, 15) is 4.79 Å². The molecule has 1 fully saturated rings. The lowest BCUT2D eigenvalue weighted by Crippen LogP contribution is -2.30. The molecule has 0 radical (unpaired) electrons. The summed E-state index contributed by atoms with van der Waals surface area (Å²) in [5.41, 5.74) is 1.07. The maximum Gasteiger partial charge on any atom is 0.241 e. The smallest absolute Gasteiger partial charge is 0.241 e. The van der Waals surface area contributed by atoms with Crippen LogP contribution >= 0.6 is 11.8 Å². The van der Waals surface area contributed by atoms with Gasteiger partial charge in [0.25, 0.3) is 0 Å². The highest BCUT2D eigenvalue weighted by molar-refractivity contribution is 7.99. The first-order valence-corrected chi connectivity index (χ1v) is 9.07. The SMILES string of the molecule is Cn1nnnc1SCCNC(=O)Cn1ccc([C@@H]2CCCNC2)n1. The van der Waals surface area contributed by atoms with E-state index in [1.54, 1.807) is 16.4 Å². The number of thioether (sulfide) groups is 1. The van der Waals surface area contributed by atoms with Crippen LogP contribution in [0.3, 0.4) is 0 Å². The number of hydrogen-bond acceptors (Lipinski definition) is 7. The standard InChI is InChI=1S/C14H22N8OS/c1-21-14(17-19-20-21)24-8-6-16-13(23)10-22-7-4-12(18-22)11-3-2-5-15-9-11/h4,7,11,15H,2-3,5-6,8-10H2,1H3,(H,16,23)/t11-/m1/s1. The van der Waals surface area contributed by atoms with Gasteiger partial charge in [-0.25, -0.2) is 4.68 Å². The average molecular weight is 350 g/mol. The monoisotopic (exact) mass is 350 g/mol. The van der Waals surface area contributed by atoms with E-state index in [1.807, 2.05) is 12.3 Å². The number of tetrazole rings is 1. The molecule has 24 heavy (non-hydrogen) atoms. The summed E-state index contributed by atoms with van der Waals surface area (Å²) in [5, 5.41) is 22.8. The first kappa shape index (κ1) is 16.9. The van der Waals surface area contributed by atoms with Gasteiger partial charge in [0, 0.05) is 38.0 Å². The van der Waals surface area contributed by atoms with Gasteiger partial charge in [-0.2, -0.15) is 5.10 Å². The van der Waals surface area contributed by atoms with Crippen LogP contribution in [0.1, 0.15) is 24.5 Å². The maximum absolute atomic E-state index is 12.0. The lowest BCUT2D eigenvalue weighted by molar-refractivity contribution is -0.121. The van der Waals surface area contributed by atoms with Crippen LogP contribution in [0.4, 0.5) is 0 Å². The van der Waals surface area contributed by atoms with Crippen molar-refractivity contribution in [3.63, 3.8) is 0 Å². The fourth-order valence-corrected chi connectivity index (χ4v) is 3.37. The predicted octanol–water partition coefficient (Wildman–Crippen LogP) is -0.218. The first-order chi connectivity index (χ1) is 11.7. The molecule has 2 aromatic heterocycles. The Labute approximate surface area is 144 Å². The summed E-state index contributed by atoms with van der Waals surface area (Å²) in [4.78, 5) is 12.0. The zero-order chi connectivity index (χ0) is 16.8. The zero-order valence-electron chi connectivity index (χ0n) is 13.7. The highest BCUT2D eigenvalue weighted by atomic mass is 32.2. The quantitative estimate of drug-likeness (QED) is 0.526. The second kappa shape index (κ2) is 8.25. The van der Waals surface area contributed by atoms with Crippen molar-refractivity contribution in [2.45, 2.75) is 30.5 Å². The third-order valence-electron chi connectivity index (χ3n) is 3.92. The number of aryl methyl sites for hydroxylation is 1. The lowest BCUT2D eigenvalue weighted by atomic mass is 9.97. The average Bonchev–Trinajstić information content (AvgIpc) is 3.22. The fourth-order valence-electron chi connectivity index (χ4n) is 2.67. The first-order valence-electron chi connectivity index (χ1n) is 8.08. The number of nitrogens with zero attached hydrogens (tertiary/aromatic N) is 6. The van der Waals surface area contributed by atoms with Crippen molar-refractivity contribution in [3.8, 4) is 0 Å². The Morgan fingerprint density at radius 2 is 2.46 bits per heavy atom. The van der Waals surface area contributed by atoms with E-state index in [4.69, 9.17) is 0 Å². The topological polar surface area (TPSA) is 103 Å². The predicted molar refractivity (Wildman–Crippen MR) is 89.6 cm³/mol. The van der Waals surface area contributed by atoms with Crippen molar-refractivity contribution in [3.05, 3.63) is 18.0 Å². The Hall–Kier alpha value is -1.94. The molecule has 130 valence electrons. The Balaban J connectivity index is 1.38. The van der Waals surface area contributed by atoms with Crippen molar-refractivity contribution >= 4 is 17.7 Å². The summed E-state index contributed by atoms with van der Waals surface area (Å²) in [5.74, 6) is 1.14. The van der Waals surface area contributed by atoms with E-state index < -0.39 is 0 Å². The number of carbonyl (C=O) groups excluding carboxylic acids is 1. The van der Waals surface area contributed by atoms with Crippen LogP contribution in [0, 0.1) is 0 Å². The van der Waals surface area contributed by atoms with Gasteiger partial charge >= 0.3 is 0 Å². The third-order valence-corrected chi connectivity index (χ3v) is 4.93. The molecule has 1 amide bonds. The van der Waals surface area contributed by atoms with Gasteiger partial charge in [-0.15, -0.1) is 5.10 Å². The molecular formula is C14H22N8OS. The van der Waals surface area contributed by atoms with Crippen LogP contribution in [0.15, 0.2) is 17.4 Å². The molecule has 2 aromatic rings. The Kier molecular flexibility index (Phi) is 5.81. The molecule has 1 saturated heterocycles. The summed E-state index contributed by atoms with van der Waals surface area (Å²) >= 11 is 1.51. The molecule has 10 heteroatoms. The maximum atomic E-state index is 12.0. The number of piperidine rings is 1. The summed E-state index contributed by atoms with van der Waals surface area (Å²) in [6.45, 7) is 2.87. The molecule has 0 bridgehead atoms. The van der Waals surface area contributed by atoms with Crippen molar-refractivity contribution in [2.75, 3.05) is 25.4 Å². The number of amides is 1. The fraction of sp³-hybridized carbons (Fsp3) is 0.643. The Bertz CT molecular complexity index is 663. The number of aromatic nitrogens is 6.